The number of rotatable bonds is 3. The van der Waals surface area contributed by atoms with Crippen LogP contribution in [0.25, 0.3) is 0 Å². The normalized spacial score (nSPS) is 29.4. The Kier molecular flexibility index (Phi) is 4.38. The van der Waals surface area contributed by atoms with Gasteiger partial charge in [0, 0.05) is 11.3 Å². The van der Waals surface area contributed by atoms with Crippen molar-refractivity contribution in [3.8, 4) is 0 Å². The van der Waals surface area contributed by atoms with E-state index < -0.39 is 0 Å². The number of nitrogens with zero attached hydrogens (tertiary/aromatic N) is 1. The lowest BCUT2D eigenvalue weighted by Crippen LogP contribution is -2.43. The lowest BCUT2D eigenvalue weighted by molar-refractivity contribution is 0.166. The van der Waals surface area contributed by atoms with Gasteiger partial charge in [0.15, 0.2) is 0 Å². The largest absolute Gasteiger partial charge is 0.440 e. The van der Waals surface area contributed by atoms with E-state index in [1.807, 2.05) is 0 Å². The number of thioether (sulfide) groups is 1. The molecule has 18 heavy (non-hydrogen) atoms. The molecule has 1 aromatic rings. The van der Waals surface area contributed by atoms with E-state index in [4.69, 9.17) is 4.42 Å². The monoisotopic (exact) mass is 268 g/mol. The molecule has 1 heterocycles. The van der Waals surface area contributed by atoms with Crippen molar-refractivity contribution in [2.24, 2.45) is 11.3 Å². The molecular weight excluding hydrogens is 244 g/mol. The molecule has 0 radical (unpaired) electrons. The minimum Gasteiger partial charge on any atom is -0.440 e. The van der Waals surface area contributed by atoms with E-state index in [1.54, 1.807) is 24.2 Å². The third-order valence-corrected chi connectivity index (χ3v) is 5.28. The quantitative estimate of drug-likeness (QED) is 0.909. The minimum atomic E-state index is 0.397. The van der Waals surface area contributed by atoms with Crippen LogP contribution in [-0.4, -0.2) is 23.3 Å². The number of hydrogen-bond donors (Lipinski definition) is 1. The number of nitrogens with one attached hydrogen (secondary N) is 1. The Labute approximate surface area is 114 Å². The van der Waals surface area contributed by atoms with Gasteiger partial charge in [0.1, 0.15) is 6.26 Å². The van der Waals surface area contributed by atoms with Crippen LogP contribution in [0.2, 0.25) is 0 Å². The summed E-state index contributed by atoms with van der Waals surface area (Å²) in [7, 11) is 2.06. The third-order valence-electron chi connectivity index (χ3n) is 4.05. The molecule has 0 spiro atoms. The lowest BCUT2D eigenvalue weighted by atomic mass is 9.71. The zero-order chi connectivity index (χ0) is 13.2. The van der Waals surface area contributed by atoms with Gasteiger partial charge in [-0.2, -0.15) is 0 Å². The van der Waals surface area contributed by atoms with Gasteiger partial charge >= 0.3 is 0 Å². The highest BCUT2D eigenvalue weighted by Crippen LogP contribution is 2.42. The predicted octanol–water partition coefficient (Wildman–Crippen LogP) is 3.57. The summed E-state index contributed by atoms with van der Waals surface area (Å²) in [5, 5.41) is 4.81. The molecule has 1 N–H and O–H groups in total. The van der Waals surface area contributed by atoms with Gasteiger partial charge in [-0.3, -0.25) is 0 Å². The Morgan fingerprint density at radius 2 is 2.17 bits per heavy atom. The fourth-order valence-electron chi connectivity index (χ4n) is 2.77. The van der Waals surface area contributed by atoms with Gasteiger partial charge in [-0.25, -0.2) is 4.98 Å². The van der Waals surface area contributed by atoms with Crippen LogP contribution >= 0.6 is 11.8 Å². The van der Waals surface area contributed by atoms with Crippen LogP contribution in [0, 0.1) is 11.3 Å². The van der Waals surface area contributed by atoms with Gasteiger partial charge in [-0.1, -0.05) is 32.5 Å². The number of hydrogen-bond acceptors (Lipinski definition) is 4. The average Bonchev–Trinajstić information content (AvgIpc) is 2.80. The van der Waals surface area contributed by atoms with Crippen LogP contribution in [0.15, 0.2) is 22.1 Å². The first kappa shape index (κ1) is 13.9. The van der Waals surface area contributed by atoms with Gasteiger partial charge in [0.05, 0.1) is 6.20 Å². The maximum atomic E-state index is 5.37. The Morgan fingerprint density at radius 3 is 2.72 bits per heavy atom. The Bertz CT molecular complexity index is 358. The molecule has 1 aliphatic rings. The van der Waals surface area contributed by atoms with Crippen LogP contribution in [-0.2, 0) is 0 Å². The summed E-state index contributed by atoms with van der Waals surface area (Å²) in [4.78, 5) is 4.23. The zero-order valence-corrected chi connectivity index (χ0v) is 12.6. The van der Waals surface area contributed by atoms with Gasteiger partial charge in [0.25, 0.3) is 5.22 Å². The van der Waals surface area contributed by atoms with Crippen molar-refractivity contribution >= 4 is 11.8 Å². The third kappa shape index (κ3) is 3.29. The summed E-state index contributed by atoms with van der Waals surface area (Å²) < 4.78 is 5.37. The Hall–Kier alpha value is -0.480. The first-order chi connectivity index (χ1) is 8.50. The van der Waals surface area contributed by atoms with Gasteiger partial charge in [0.2, 0.25) is 0 Å². The van der Waals surface area contributed by atoms with Crippen molar-refractivity contribution in [2.45, 2.75) is 56.5 Å². The van der Waals surface area contributed by atoms with Gasteiger partial charge in [-0.15, -0.1) is 0 Å². The molecule has 0 saturated heterocycles. The van der Waals surface area contributed by atoms with E-state index >= 15 is 0 Å². The molecule has 4 heteroatoms. The van der Waals surface area contributed by atoms with Gasteiger partial charge in [-0.05, 0) is 37.6 Å². The second kappa shape index (κ2) is 5.66. The smallest absolute Gasteiger partial charge is 0.255 e. The summed E-state index contributed by atoms with van der Waals surface area (Å²) >= 11 is 1.78. The van der Waals surface area contributed by atoms with Crippen molar-refractivity contribution in [1.29, 1.82) is 0 Å². The van der Waals surface area contributed by atoms with Crippen LogP contribution in [0.3, 0.4) is 0 Å². The molecule has 2 rings (SSSR count). The van der Waals surface area contributed by atoms with E-state index in [0.29, 0.717) is 16.7 Å². The topological polar surface area (TPSA) is 38.1 Å². The molecule has 0 bridgehead atoms. The summed E-state index contributed by atoms with van der Waals surface area (Å²) in [5.74, 6) is 0.787. The van der Waals surface area contributed by atoms with Crippen molar-refractivity contribution in [2.75, 3.05) is 7.05 Å². The highest BCUT2D eigenvalue weighted by molar-refractivity contribution is 7.99. The van der Waals surface area contributed by atoms with Crippen LogP contribution in [0.4, 0.5) is 0 Å². The minimum absolute atomic E-state index is 0.397. The summed E-state index contributed by atoms with van der Waals surface area (Å²) in [6.45, 7) is 7.05. The molecule has 0 aliphatic heterocycles. The summed E-state index contributed by atoms with van der Waals surface area (Å²) in [6.07, 6.45) is 7.18. The van der Waals surface area contributed by atoms with E-state index in [1.165, 1.54) is 19.3 Å². The number of aromatic nitrogens is 1. The second-order valence-electron chi connectivity index (χ2n) is 6.23. The fourth-order valence-corrected chi connectivity index (χ4v) is 4.03. The van der Waals surface area contributed by atoms with Crippen LogP contribution < -0.4 is 5.32 Å². The molecular formula is C14H24N2OS. The molecule has 0 aromatic carbocycles. The number of oxazole rings is 1. The highest BCUT2D eigenvalue weighted by Gasteiger charge is 2.36. The molecule has 1 saturated carbocycles. The molecule has 1 fully saturated rings. The highest BCUT2D eigenvalue weighted by atomic mass is 32.2. The SMILES string of the molecule is CNC1CCC(C(C)(C)C)CC1Sc1ncco1. The maximum Gasteiger partial charge on any atom is 0.255 e. The second-order valence-corrected chi connectivity index (χ2v) is 7.42. The van der Waals surface area contributed by atoms with Crippen molar-refractivity contribution in [3.05, 3.63) is 12.5 Å². The predicted molar refractivity (Wildman–Crippen MR) is 75.8 cm³/mol. The standard InChI is InChI=1S/C14H24N2OS/c1-14(2,3)10-5-6-11(15-4)12(9-10)18-13-16-7-8-17-13/h7-8,10-12,15H,5-6,9H2,1-4H3. The van der Waals surface area contributed by atoms with Crippen molar-refractivity contribution in [1.82, 2.24) is 10.3 Å². The van der Waals surface area contributed by atoms with E-state index in [2.05, 4.69) is 38.1 Å². The van der Waals surface area contributed by atoms with E-state index in [9.17, 15) is 0 Å². The molecule has 1 aromatic heterocycles. The Balaban J connectivity index is 2.04. The molecule has 3 atom stereocenters. The summed E-state index contributed by atoms with van der Waals surface area (Å²) in [5.41, 5.74) is 0.397. The molecule has 0 amide bonds. The van der Waals surface area contributed by atoms with Crippen molar-refractivity contribution in [3.63, 3.8) is 0 Å². The van der Waals surface area contributed by atoms with E-state index in [-0.39, 0.29) is 0 Å². The maximum absolute atomic E-state index is 5.37. The molecule has 102 valence electrons. The van der Waals surface area contributed by atoms with E-state index in [0.717, 1.165) is 11.1 Å². The zero-order valence-electron chi connectivity index (χ0n) is 11.8. The lowest BCUT2D eigenvalue weighted by Gasteiger charge is -2.41. The van der Waals surface area contributed by atoms with Crippen molar-refractivity contribution < 1.29 is 4.42 Å². The Morgan fingerprint density at radius 1 is 1.39 bits per heavy atom. The average molecular weight is 268 g/mol. The van der Waals surface area contributed by atoms with Crippen LogP contribution in [0.5, 0.6) is 0 Å². The van der Waals surface area contributed by atoms with Gasteiger partial charge < -0.3 is 9.73 Å². The molecule has 3 nitrogen and oxygen atoms in total. The first-order valence-electron chi connectivity index (χ1n) is 6.74. The molecule has 1 aliphatic carbocycles. The first-order valence-corrected chi connectivity index (χ1v) is 7.62. The molecule has 3 unspecified atom stereocenters. The van der Waals surface area contributed by atoms with Crippen LogP contribution in [0.1, 0.15) is 40.0 Å². The summed E-state index contributed by atoms with van der Waals surface area (Å²) in [6, 6.07) is 0.570. The fraction of sp³-hybridized carbons (Fsp3) is 0.786.